The number of carbonyl (C=O) groups is 1. The number of amides is 1. The third kappa shape index (κ3) is 5.78. The highest BCUT2D eigenvalue weighted by atomic mass is 35.5. The number of likely N-dealkylation sites (tertiary alicyclic amines) is 1. The molecule has 5 heteroatoms. The van der Waals surface area contributed by atoms with Gasteiger partial charge in [0.15, 0.2) is 0 Å². The van der Waals surface area contributed by atoms with Gasteiger partial charge in [0.25, 0.3) is 5.91 Å². The SMILES string of the molecule is CN(CC1CCN(CCc2cccc(F)c2)CC1)C(=O)c1ccc(Cl)cc1. The zero-order valence-electron chi connectivity index (χ0n) is 15.7. The number of rotatable bonds is 6. The van der Waals surface area contributed by atoms with E-state index < -0.39 is 0 Å². The first-order valence-electron chi connectivity index (χ1n) is 9.49. The fraction of sp³-hybridized carbons (Fsp3) is 0.409. The molecule has 1 fully saturated rings. The lowest BCUT2D eigenvalue weighted by Crippen LogP contribution is -2.40. The average Bonchev–Trinajstić information content (AvgIpc) is 2.67. The highest BCUT2D eigenvalue weighted by Gasteiger charge is 2.22. The summed E-state index contributed by atoms with van der Waals surface area (Å²) in [7, 11) is 1.87. The van der Waals surface area contributed by atoms with Gasteiger partial charge in [-0.2, -0.15) is 0 Å². The quantitative estimate of drug-likeness (QED) is 0.727. The van der Waals surface area contributed by atoms with Crippen molar-refractivity contribution in [2.24, 2.45) is 5.92 Å². The van der Waals surface area contributed by atoms with Gasteiger partial charge in [0, 0.05) is 30.7 Å². The highest BCUT2D eigenvalue weighted by molar-refractivity contribution is 6.30. The highest BCUT2D eigenvalue weighted by Crippen LogP contribution is 2.20. The van der Waals surface area contributed by atoms with Crippen molar-refractivity contribution in [3.63, 3.8) is 0 Å². The van der Waals surface area contributed by atoms with Crippen molar-refractivity contribution >= 4 is 17.5 Å². The molecule has 0 aromatic heterocycles. The van der Waals surface area contributed by atoms with E-state index in [0.29, 0.717) is 16.5 Å². The van der Waals surface area contributed by atoms with E-state index in [1.165, 1.54) is 6.07 Å². The van der Waals surface area contributed by atoms with Crippen LogP contribution in [0.3, 0.4) is 0 Å². The Morgan fingerprint density at radius 3 is 2.56 bits per heavy atom. The van der Waals surface area contributed by atoms with E-state index in [1.54, 1.807) is 36.4 Å². The Morgan fingerprint density at radius 1 is 1.19 bits per heavy atom. The van der Waals surface area contributed by atoms with Crippen molar-refractivity contribution in [1.29, 1.82) is 0 Å². The maximum absolute atomic E-state index is 13.3. The predicted octanol–water partition coefficient (Wildman–Crippen LogP) is 4.51. The second-order valence-electron chi connectivity index (χ2n) is 7.36. The van der Waals surface area contributed by atoms with Crippen LogP contribution in [0, 0.1) is 11.7 Å². The molecule has 1 heterocycles. The Morgan fingerprint density at radius 2 is 1.89 bits per heavy atom. The van der Waals surface area contributed by atoms with Gasteiger partial charge in [-0.05, 0) is 80.2 Å². The van der Waals surface area contributed by atoms with Gasteiger partial charge in [-0.3, -0.25) is 4.79 Å². The number of hydrogen-bond donors (Lipinski definition) is 0. The molecule has 2 aromatic rings. The molecule has 0 N–H and O–H groups in total. The summed E-state index contributed by atoms with van der Waals surface area (Å²) in [5.74, 6) is 0.400. The summed E-state index contributed by atoms with van der Waals surface area (Å²) in [5, 5.41) is 0.639. The van der Waals surface area contributed by atoms with E-state index in [2.05, 4.69) is 4.90 Å². The fourth-order valence-corrected chi connectivity index (χ4v) is 3.78. The minimum atomic E-state index is -0.167. The second-order valence-corrected chi connectivity index (χ2v) is 7.79. The van der Waals surface area contributed by atoms with Gasteiger partial charge in [0.1, 0.15) is 5.82 Å². The van der Waals surface area contributed by atoms with Crippen LogP contribution in [-0.2, 0) is 6.42 Å². The van der Waals surface area contributed by atoms with Crippen LogP contribution in [0.15, 0.2) is 48.5 Å². The van der Waals surface area contributed by atoms with Crippen LogP contribution >= 0.6 is 11.6 Å². The molecule has 2 aromatic carbocycles. The lowest BCUT2D eigenvalue weighted by Gasteiger charge is -2.34. The second kappa shape index (κ2) is 9.34. The van der Waals surface area contributed by atoms with Gasteiger partial charge in [0.2, 0.25) is 0 Å². The topological polar surface area (TPSA) is 23.6 Å². The Bertz CT molecular complexity index is 757. The first-order valence-corrected chi connectivity index (χ1v) is 9.87. The van der Waals surface area contributed by atoms with E-state index in [4.69, 9.17) is 11.6 Å². The molecule has 0 spiro atoms. The van der Waals surface area contributed by atoms with E-state index in [9.17, 15) is 9.18 Å². The zero-order valence-corrected chi connectivity index (χ0v) is 16.5. The van der Waals surface area contributed by atoms with Crippen LogP contribution < -0.4 is 0 Å². The molecule has 3 nitrogen and oxygen atoms in total. The van der Waals surface area contributed by atoms with Crippen LogP contribution in [0.5, 0.6) is 0 Å². The van der Waals surface area contributed by atoms with Crippen LogP contribution in [0.2, 0.25) is 5.02 Å². The van der Waals surface area contributed by atoms with Crippen LogP contribution in [0.25, 0.3) is 0 Å². The molecule has 1 saturated heterocycles. The number of halogens is 2. The molecule has 0 unspecified atom stereocenters. The largest absolute Gasteiger partial charge is 0.341 e. The summed E-state index contributed by atoms with van der Waals surface area (Å²) >= 11 is 5.89. The molecular formula is C22H26ClFN2O. The van der Waals surface area contributed by atoms with Gasteiger partial charge in [0.05, 0.1) is 0 Å². The standard InChI is InChI=1S/C22H26ClFN2O/c1-25(22(27)19-5-7-20(23)8-6-19)16-18-10-13-26(14-11-18)12-9-17-3-2-4-21(24)15-17/h2-8,15,18H,9-14,16H2,1H3. The van der Waals surface area contributed by atoms with E-state index in [1.807, 2.05) is 18.0 Å². The van der Waals surface area contributed by atoms with Crippen molar-refractivity contribution in [2.45, 2.75) is 19.3 Å². The van der Waals surface area contributed by atoms with Crippen molar-refractivity contribution in [2.75, 3.05) is 33.2 Å². The molecule has 1 aliphatic rings. The molecular weight excluding hydrogens is 363 g/mol. The number of hydrogen-bond acceptors (Lipinski definition) is 2. The molecule has 3 rings (SSSR count). The lowest BCUT2D eigenvalue weighted by atomic mass is 9.95. The third-order valence-corrected chi connectivity index (χ3v) is 5.53. The van der Waals surface area contributed by atoms with Crippen LogP contribution in [-0.4, -0.2) is 48.9 Å². The summed E-state index contributed by atoms with van der Waals surface area (Å²) in [6, 6.07) is 13.9. The molecule has 1 aliphatic heterocycles. The number of benzene rings is 2. The van der Waals surface area contributed by atoms with Gasteiger partial charge in [-0.15, -0.1) is 0 Å². The number of nitrogens with zero attached hydrogens (tertiary/aromatic N) is 2. The maximum atomic E-state index is 13.3. The van der Waals surface area contributed by atoms with E-state index >= 15 is 0 Å². The summed E-state index contributed by atoms with van der Waals surface area (Å²) < 4.78 is 13.3. The first kappa shape index (κ1) is 19.8. The summed E-state index contributed by atoms with van der Waals surface area (Å²) in [5.41, 5.74) is 1.72. The predicted molar refractivity (Wildman–Crippen MR) is 108 cm³/mol. The molecule has 27 heavy (non-hydrogen) atoms. The Kier molecular flexibility index (Phi) is 6.86. The molecule has 1 amide bonds. The molecule has 0 atom stereocenters. The Hall–Kier alpha value is -1.91. The molecule has 144 valence electrons. The first-order chi connectivity index (χ1) is 13.0. The third-order valence-electron chi connectivity index (χ3n) is 5.28. The monoisotopic (exact) mass is 388 g/mol. The normalized spacial score (nSPS) is 15.7. The lowest BCUT2D eigenvalue weighted by molar-refractivity contribution is 0.0740. The van der Waals surface area contributed by atoms with Gasteiger partial charge in [-0.25, -0.2) is 4.39 Å². The van der Waals surface area contributed by atoms with Crippen molar-refractivity contribution in [1.82, 2.24) is 9.80 Å². The van der Waals surface area contributed by atoms with Crippen molar-refractivity contribution in [3.8, 4) is 0 Å². The summed E-state index contributed by atoms with van der Waals surface area (Å²) in [6.07, 6.45) is 3.04. The fourth-order valence-electron chi connectivity index (χ4n) is 3.66. The smallest absolute Gasteiger partial charge is 0.253 e. The van der Waals surface area contributed by atoms with Crippen LogP contribution in [0.4, 0.5) is 4.39 Å². The van der Waals surface area contributed by atoms with E-state index in [0.717, 1.165) is 51.0 Å². The van der Waals surface area contributed by atoms with Crippen molar-refractivity contribution in [3.05, 3.63) is 70.5 Å². The minimum Gasteiger partial charge on any atom is -0.341 e. The Balaban J connectivity index is 1.42. The zero-order chi connectivity index (χ0) is 19.2. The molecule has 0 bridgehead atoms. The van der Waals surface area contributed by atoms with Crippen LogP contribution in [0.1, 0.15) is 28.8 Å². The minimum absolute atomic E-state index is 0.0419. The number of piperidine rings is 1. The summed E-state index contributed by atoms with van der Waals surface area (Å²) in [4.78, 5) is 16.8. The van der Waals surface area contributed by atoms with E-state index in [-0.39, 0.29) is 11.7 Å². The maximum Gasteiger partial charge on any atom is 0.253 e. The molecule has 0 radical (unpaired) electrons. The molecule has 0 aliphatic carbocycles. The molecule has 0 saturated carbocycles. The number of carbonyl (C=O) groups excluding carboxylic acids is 1. The Labute approximate surface area is 165 Å². The average molecular weight is 389 g/mol. The van der Waals surface area contributed by atoms with Gasteiger partial charge in [-0.1, -0.05) is 23.7 Å². The van der Waals surface area contributed by atoms with Gasteiger partial charge < -0.3 is 9.80 Å². The van der Waals surface area contributed by atoms with Gasteiger partial charge >= 0.3 is 0 Å². The summed E-state index contributed by atoms with van der Waals surface area (Å²) in [6.45, 7) is 3.79. The van der Waals surface area contributed by atoms with Crippen molar-refractivity contribution < 1.29 is 9.18 Å².